The number of rotatable bonds is 7. The zero-order chi connectivity index (χ0) is 21.6. The summed E-state index contributed by atoms with van der Waals surface area (Å²) in [6, 6.07) is 6.42. The summed E-state index contributed by atoms with van der Waals surface area (Å²) in [4.78, 5) is 17.0. The molecule has 0 unspecified atom stereocenters. The van der Waals surface area contributed by atoms with Crippen molar-refractivity contribution < 1.29 is 4.79 Å². The molecule has 6 heteroatoms. The Morgan fingerprint density at radius 1 is 1.06 bits per heavy atom. The average molecular weight is 422 g/mol. The van der Waals surface area contributed by atoms with Crippen LogP contribution in [0.3, 0.4) is 0 Å². The van der Waals surface area contributed by atoms with Crippen LogP contribution in [0.15, 0.2) is 36.7 Å². The van der Waals surface area contributed by atoms with Crippen LogP contribution in [0.2, 0.25) is 0 Å². The summed E-state index contributed by atoms with van der Waals surface area (Å²) in [5.41, 5.74) is 6.15. The minimum atomic E-state index is 0.136. The van der Waals surface area contributed by atoms with Crippen molar-refractivity contribution in [2.75, 3.05) is 45.8 Å². The second-order valence-electron chi connectivity index (χ2n) is 8.91. The quantitative estimate of drug-likeness (QED) is 0.746. The highest BCUT2D eigenvalue weighted by atomic mass is 16.2. The Morgan fingerprint density at radius 3 is 2.65 bits per heavy atom. The van der Waals surface area contributed by atoms with Crippen LogP contribution in [0.5, 0.6) is 0 Å². The lowest BCUT2D eigenvalue weighted by atomic mass is 10.0. The molecule has 6 nitrogen and oxygen atoms in total. The maximum Gasteiger partial charge on any atom is 0.234 e. The van der Waals surface area contributed by atoms with E-state index in [0.29, 0.717) is 6.54 Å². The predicted octanol–water partition coefficient (Wildman–Crippen LogP) is 3.18. The molecule has 0 atom stereocenters. The first-order valence-electron chi connectivity index (χ1n) is 11.6. The molecule has 166 valence electrons. The van der Waals surface area contributed by atoms with E-state index < -0.39 is 0 Å². The van der Waals surface area contributed by atoms with Crippen molar-refractivity contribution in [2.24, 2.45) is 0 Å². The van der Waals surface area contributed by atoms with Gasteiger partial charge in [0.1, 0.15) is 0 Å². The van der Waals surface area contributed by atoms with Gasteiger partial charge in [0.05, 0.1) is 18.4 Å². The number of benzene rings is 1. The number of likely N-dealkylation sites (tertiary alicyclic amines) is 1. The summed E-state index contributed by atoms with van der Waals surface area (Å²) in [5, 5.41) is 7.66. The minimum Gasteiger partial charge on any atom is -0.354 e. The maximum atomic E-state index is 12.3. The van der Waals surface area contributed by atoms with Gasteiger partial charge in [-0.2, -0.15) is 5.10 Å². The predicted molar refractivity (Wildman–Crippen MR) is 125 cm³/mol. The molecule has 0 radical (unpaired) electrons. The minimum absolute atomic E-state index is 0.136. The molecular formula is C25H35N5O. The van der Waals surface area contributed by atoms with E-state index in [4.69, 9.17) is 0 Å². The summed E-state index contributed by atoms with van der Waals surface area (Å²) >= 11 is 0. The number of aryl methyl sites for hydroxylation is 2. The van der Waals surface area contributed by atoms with Gasteiger partial charge in [-0.15, -0.1) is 0 Å². The van der Waals surface area contributed by atoms with Gasteiger partial charge in [0.2, 0.25) is 5.91 Å². The highest BCUT2D eigenvalue weighted by Crippen LogP contribution is 2.23. The van der Waals surface area contributed by atoms with Gasteiger partial charge in [-0.25, -0.2) is 4.68 Å². The SMILES string of the molecule is Cc1ccc(-n2cc(C3=CCN(CC(=O)NCCN4CCCCC4)CC3)cn2)cc1C. The molecule has 4 rings (SSSR count). The number of hydrogen-bond acceptors (Lipinski definition) is 4. The molecule has 2 aliphatic heterocycles. The van der Waals surface area contributed by atoms with Crippen molar-refractivity contribution in [1.82, 2.24) is 24.9 Å². The number of hydrogen-bond donors (Lipinski definition) is 1. The third-order valence-corrected chi connectivity index (χ3v) is 6.57. The number of aromatic nitrogens is 2. The van der Waals surface area contributed by atoms with E-state index in [9.17, 15) is 4.79 Å². The topological polar surface area (TPSA) is 53.4 Å². The van der Waals surface area contributed by atoms with Crippen LogP contribution in [-0.4, -0.2) is 71.3 Å². The normalized spacial score (nSPS) is 18.1. The molecule has 1 saturated heterocycles. The van der Waals surface area contributed by atoms with E-state index >= 15 is 0 Å². The van der Waals surface area contributed by atoms with E-state index in [1.165, 1.54) is 54.6 Å². The average Bonchev–Trinajstić information content (AvgIpc) is 3.27. The Balaban J connectivity index is 1.25. The zero-order valence-electron chi connectivity index (χ0n) is 18.9. The Hall–Kier alpha value is -2.44. The van der Waals surface area contributed by atoms with E-state index in [0.717, 1.165) is 38.3 Å². The van der Waals surface area contributed by atoms with Crippen molar-refractivity contribution in [3.63, 3.8) is 0 Å². The zero-order valence-corrected chi connectivity index (χ0v) is 18.9. The highest BCUT2D eigenvalue weighted by molar-refractivity contribution is 5.78. The summed E-state index contributed by atoms with van der Waals surface area (Å²) < 4.78 is 1.95. The van der Waals surface area contributed by atoms with Crippen molar-refractivity contribution >= 4 is 11.5 Å². The van der Waals surface area contributed by atoms with Crippen LogP contribution < -0.4 is 5.32 Å². The number of amides is 1. The Morgan fingerprint density at radius 2 is 1.90 bits per heavy atom. The molecular weight excluding hydrogens is 386 g/mol. The molecule has 1 fully saturated rings. The number of piperidine rings is 1. The fourth-order valence-electron chi connectivity index (χ4n) is 4.41. The van der Waals surface area contributed by atoms with Gasteiger partial charge >= 0.3 is 0 Å². The van der Waals surface area contributed by atoms with E-state index in [2.05, 4.69) is 64.5 Å². The fraction of sp³-hybridized carbons (Fsp3) is 0.520. The van der Waals surface area contributed by atoms with E-state index in [1.54, 1.807) is 0 Å². The van der Waals surface area contributed by atoms with Gasteiger partial charge < -0.3 is 10.2 Å². The third-order valence-electron chi connectivity index (χ3n) is 6.57. The van der Waals surface area contributed by atoms with Crippen molar-refractivity contribution in [2.45, 2.75) is 39.5 Å². The van der Waals surface area contributed by atoms with Crippen LogP contribution >= 0.6 is 0 Å². The maximum absolute atomic E-state index is 12.3. The van der Waals surface area contributed by atoms with Crippen LogP contribution in [0.25, 0.3) is 11.3 Å². The molecule has 0 spiro atoms. The second kappa shape index (κ2) is 10.2. The number of carbonyl (C=O) groups is 1. The largest absolute Gasteiger partial charge is 0.354 e. The Bertz CT molecular complexity index is 926. The van der Waals surface area contributed by atoms with Gasteiger partial charge in [-0.05, 0) is 75.0 Å². The first-order valence-corrected chi connectivity index (χ1v) is 11.6. The molecule has 2 aromatic rings. The molecule has 1 N–H and O–H groups in total. The van der Waals surface area contributed by atoms with E-state index in [1.807, 2.05) is 10.9 Å². The summed E-state index contributed by atoms with van der Waals surface area (Å²) in [7, 11) is 0. The molecule has 1 aromatic heterocycles. The standard InChI is InChI=1S/C25H35N5O/c1-20-6-7-24(16-21(20)2)30-18-23(17-27-30)22-8-13-29(14-9-22)19-25(31)26-10-15-28-11-4-3-5-12-28/h6-8,16-18H,3-5,9-15,19H2,1-2H3,(H,26,31). The fourth-order valence-corrected chi connectivity index (χ4v) is 4.41. The van der Waals surface area contributed by atoms with Gasteiger partial charge in [-0.1, -0.05) is 18.6 Å². The van der Waals surface area contributed by atoms with Crippen LogP contribution in [0.4, 0.5) is 0 Å². The Kier molecular flexibility index (Phi) is 7.20. The van der Waals surface area contributed by atoms with Crippen molar-refractivity contribution in [3.8, 4) is 5.69 Å². The summed E-state index contributed by atoms with van der Waals surface area (Å²) in [6.07, 6.45) is 11.2. The molecule has 0 aliphatic carbocycles. The Labute approximate surface area is 185 Å². The molecule has 1 amide bonds. The first kappa shape index (κ1) is 21.8. The lowest BCUT2D eigenvalue weighted by Crippen LogP contribution is -2.42. The molecule has 31 heavy (non-hydrogen) atoms. The van der Waals surface area contributed by atoms with Gasteiger partial charge in [-0.3, -0.25) is 9.69 Å². The molecule has 3 heterocycles. The number of carbonyl (C=O) groups excluding carboxylic acids is 1. The van der Waals surface area contributed by atoms with Crippen molar-refractivity contribution in [1.29, 1.82) is 0 Å². The number of nitrogens with zero attached hydrogens (tertiary/aromatic N) is 4. The van der Waals surface area contributed by atoms with Crippen LogP contribution in [0, 0.1) is 13.8 Å². The third kappa shape index (κ3) is 5.83. The summed E-state index contributed by atoms with van der Waals surface area (Å²) in [6.45, 7) is 10.5. The molecule has 1 aromatic carbocycles. The molecule has 0 saturated carbocycles. The smallest absolute Gasteiger partial charge is 0.234 e. The second-order valence-corrected chi connectivity index (χ2v) is 8.91. The van der Waals surface area contributed by atoms with Gasteiger partial charge in [0.25, 0.3) is 0 Å². The van der Waals surface area contributed by atoms with Crippen LogP contribution in [0.1, 0.15) is 42.4 Å². The first-order chi connectivity index (χ1) is 15.1. The monoisotopic (exact) mass is 421 g/mol. The highest BCUT2D eigenvalue weighted by Gasteiger charge is 2.17. The molecule has 2 aliphatic rings. The lowest BCUT2D eigenvalue weighted by molar-refractivity contribution is -0.122. The number of nitrogens with one attached hydrogen (secondary N) is 1. The summed E-state index contributed by atoms with van der Waals surface area (Å²) in [5.74, 6) is 0.136. The molecule has 0 bridgehead atoms. The van der Waals surface area contributed by atoms with Gasteiger partial charge in [0, 0.05) is 37.9 Å². The van der Waals surface area contributed by atoms with E-state index in [-0.39, 0.29) is 5.91 Å². The van der Waals surface area contributed by atoms with Crippen LogP contribution in [-0.2, 0) is 4.79 Å². The van der Waals surface area contributed by atoms with Crippen molar-refractivity contribution in [3.05, 3.63) is 53.4 Å². The van der Waals surface area contributed by atoms with Gasteiger partial charge in [0.15, 0.2) is 0 Å². The lowest BCUT2D eigenvalue weighted by Gasteiger charge is -2.27.